The van der Waals surface area contributed by atoms with Gasteiger partial charge in [-0.25, -0.2) is 13.5 Å². The topological polar surface area (TPSA) is 46.9 Å². The normalized spacial score (nSPS) is 12.3. The molecule has 1 amide bonds. The second-order valence-corrected chi connectivity index (χ2v) is 8.53. The van der Waals surface area contributed by atoms with E-state index in [0.29, 0.717) is 5.82 Å². The predicted molar refractivity (Wildman–Crippen MR) is 99.2 cm³/mol. The Bertz CT molecular complexity index is 798. The van der Waals surface area contributed by atoms with Gasteiger partial charge in [0.15, 0.2) is 0 Å². The standard InChI is InChI=1S/C20H27F2N3O/c1-19(2,3)16-12-17(25(24-16)20(4,5)6)23-18(26)10-7-13-11-14(21)8-9-15(13)22/h8-9,11-12H,7,10H2,1-6H3,(H,23,26). The molecule has 0 spiro atoms. The van der Waals surface area contributed by atoms with Gasteiger partial charge >= 0.3 is 0 Å². The zero-order chi connectivity index (χ0) is 19.7. The Balaban J connectivity index is 2.15. The molecule has 2 rings (SSSR count). The van der Waals surface area contributed by atoms with Crippen LogP contribution in [0.5, 0.6) is 0 Å². The fraction of sp³-hybridized carbons (Fsp3) is 0.500. The third kappa shape index (κ3) is 4.90. The van der Waals surface area contributed by atoms with E-state index in [0.717, 1.165) is 23.9 Å². The fourth-order valence-corrected chi connectivity index (χ4v) is 2.54. The minimum atomic E-state index is -0.512. The third-order valence-corrected chi connectivity index (χ3v) is 4.01. The number of carbonyl (C=O) groups is 1. The number of hydrogen-bond donors (Lipinski definition) is 1. The molecule has 1 aromatic heterocycles. The Kier molecular flexibility index (Phi) is 5.54. The summed E-state index contributed by atoms with van der Waals surface area (Å²) in [6, 6.07) is 5.13. The molecule has 142 valence electrons. The van der Waals surface area contributed by atoms with Crippen LogP contribution in [0.3, 0.4) is 0 Å². The van der Waals surface area contributed by atoms with E-state index in [9.17, 15) is 13.6 Å². The van der Waals surface area contributed by atoms with Crippen molar-refractivity contribution in [1.82, 2.24) is 9.78 Å². The number of hydrogen-bond acceptors (Lipinski definition) is 2. The second-order valence-electron chi connectivity index (χ2n) is 8.53. The summed E-state index contributed by atoms with van der Waals surface area (Å²) in [5.74, 6) is -0.678. The molecule has 26 heavy (non-hydrogen) atoms. The molecule has 0 radical (unpaired) electrons. The van der Waals surface area contributed by atoms with E-state index in [1.165, 1.54) is 0 Å². The Morgan fingerprint density at radius 1 is 1.12 bits per heavy atom. The Hall–Kier alpha value is -2.24. The first kappa shape index (κ1) is 20.1. The van der Waals surface area contributed by atoms with E-state index >= 15 is 0 Å². The molecule has 1 aromatic carbocycles. The molecule has 0 aliphatic rings. The van der Waals surface area contributed by atoms with Crippen LogP contribution in [0.15, 0.2) is 24.3 Å². The van der Waals surface area contributed by atoms with Crippen molar-refractivity contribution >= 4 is 11.7 Å². The lowest BCUT2D eigenvalue weighted by atomic mass is 9.92. The first-order valence-corrected chi connectivity index (χ1v) is 8.73. The van der Waals surface area contributed by atoms with Gasteiger partial charge < -0.3 is 5.32 Å². The third-order valence-electron chi connectivity index (χ3n) is 4.01. The number of rotatable bonds is 4. The minimum absolute atomic E-state index is 0.0561. The lowest BCUT2D eigenvalue weighted by Gasteiger charge is -2.23. The van der Waals surface area contributed by atoms with Crippen molar-refractivity contribution in [1.29, 1.82) is 0 Å². The Morgan fingerprint density at radius 3 is 2.35 bits per heavy atom. The summed E-state index contributed by atoms with van der Waals surface area (Å²) >= 11 is 0. The average molecular weight is 363 g/mol. The van der Waals surface area contributed by atoms with Gasteiger partial charge in [0, 0.05) is 17.9 Å². The van der Waals surface area contributed by atoms with Crippen LogP contribution >= 0.6 is 0 Å². The molecule has 0 aliphatic heterocycles. The highest BCUT2D eigenvalue weighted by Crippen LogP contribution is 2.28. The largest absolute Gasteiger partial charge is 0.311 e. The van der Waals surface area contributed by atoms with Gasteiger partial charge in [0.25, 0.3) is 0 Å². The van der Waals surface area contributed by atoms with E-state index in [1.807, 2.05) is 26.8 Å². The maximum atomic E-state index is 13.7. The molecule has 0 fully saturated rings. The van der Waals surface area contributed by atoms with Crippen LogP contribution in [0.4, 0.5) is 14.6 Å². The van der Waals surface area contributed by atoms with E-state index in [-0.39, 0.29) is 35.3 Å². The van der Waals surface area contributed by atoms with Crippen molar-refractivity contribution in [3.8, 4) is 0 Å². The van der Waals surface area contributed by atoms with Gasteiger partial charge in [0.05, 0.1) is 11.2 Å². The van der Waals surface area contributed by atoms with Crippen LogP contribution in [0, 0.1) is 11.6 Å². The van der Waals surface area contributed by atoms with Crippen LogP contribution in [0.2, 0.25) is 0 Å². The number of aromatic nitrogens is 2. The predicted octanol–water partition coefficient (Wildman–Crippen LogP) is 4.79. The summed E-state index contributed by atoms with van der Waals surface area (Å²) in [6.07, 6.45) is 0.186. The van der Waals surface area contributed by atoms with E-state index in [4.69, 9.17) is 0 Å². The van der Waals surface area contributed by atoms with E-state index in [2.05, 4.69) is 31.2 Å². The average Bonchev–Trinajstić information content (AvgIpc) is 2.92. The van der Waals surface area contributed by atoms with Gasteiger partial charge in [-0.3, -0.25) is 4.79 Å². The number of nitrogens with zero attached hydrogens (tertiary/aromatic N) is 2. The lowest BCUT2D eigenvalue weighted by Crippen LogP contribution is -2.27. The summed E-state index contributed by atoms with van der Waals surface area (Å²) in [6.45, 7) is 12.2. The highest BCUT2D eigenvalue weighted by atomic mass is 19.1. The Labute approximate surface area is 153 Å². The number of anilines is 1. The molecule has 4 nitrogen and oxygen atoms in total. The van der Waals surface area contributed by atoms with Crippen LogP contribution < -0.4 is 5.32 Å². The van der Waals surface area contributed by atoms with Crippen molar-refractivity contribution in [2.45, 2.75) is 65.3 Å². The molecule has 0 saturated heterocycles. The van der Waals surface area contributed by atoms with Gasteiger partial charge in [-0.05, 0) is 51.0 Å². The van der Waals surface area contributed by atoms with Gasteiger partial charge in [0.2, 0.25) is 5.91 Å². The van der Waals surface area contributed by atoms with Gasteiger partial charge in [-0.15, -0.1) is 0 Å². The van der Waals surface area contributed by atoms with Crippen LogP contribution in [-0.2, 0) is 22.2 Å². The van der Waals surface area contributed by atoms with Crippen molar-refractivity contribution in [2.75, 3.05) is 5.32 Å². The van der Waals surface area contributed by atoms with Crippen molar-refractivity contribution in [3.63, 3.8) is 0 Å². The molecule has 0 saturated carbocycles. The summed E-state index contributed by atoms with van der Waals surface area (Å²) < 4.78 is 28.7. The molecule has 1 heterocycles. The van der Waals surface area contributed by atoms with Crippen LogP contribution in [0.1, 0.15) is 59.2 Å². The summed E-state index contributed by atoms with van der Waals surface area (Å²) in [5.41, 5.74) is 0.611. The lowest BCUT2D eigenvalue weighted by molar-refractivity contribution is -0.116. The molecule has 0 bridgehead atoms. The molecule has 1 N–H and O–H groups in total. The smallest absolute Gasteiger partial charge is 0.225 e. The zero-order valence-corrected chi connectivity index (χ0v) is 16.3. The Morgan fingerprint density at radius 2 is 1.77 bits per heavy atom. The fourth-order valence-electron chi connectivity index (χ4n) is 2.54. The van der Waals surface area contributed by atoms with Crippen molar-refractivity contribution in [2.24, 2.45) is 0 Å². The van der Waals surface area contributed by atoms with Crippen LogP contribution in [0.25, 0.3) is 0 Å². The molecular weight excluding hydrogens is 336 g/mol. The number of aryl methyl sites for hydroxylation is 1. The molecule has 0 aliphatic carbocycles. The molecule has 6 heteroatoms. The van der Waals surface area contributed by atoms with E-state index < -0.39 is 11.6 Å². The van der Waals surface area contributed by atoms with Gasteiger partial charge in [-0.1, -0.05) is 20.8 Å². The quantitative estimate of drug-likeness (QED) is 0.849. The first-order valence-electron chi connectivity index (χ1n) is 8.73. The van der Waals surface area contributed by atoms with E-state index in [1.54, 1.807) is 4.68 Å². The maximum Gasteiger partial charge on any atom is 0.225 e. The van der Waals surface area contributed by atoms with Gasteiger partial charge in [-0.2, -0.15) is 5.10 Å². The minimum Gasteiger partial charge on any atom is -0.311 e. The highest BCUT2D eigenvalue weighted by Gasteiger charge is 2.25. The highest BCUT2D eigenvalue weighted by molar-refractivity contribution is 5.90. The monoisotopic (exact) mass is 363 g/mol. The van der Waals surface area contributed by atoms with Crippen molar-refractivity contribution < 1.29 is 13.6 Å². The van der Waals surface area contributed by atoms with Crippen LogP contribution in [-0.4, -0.2) is 15.7 Å². The first-order chi connectivity index (χ1) is 11.9. The summed E-state index contributed by atoms with van der Waals surface area (Å²) in [5, 5.41) is 7.50. The molecule has 0 unspecified atom stereocenters. The second kappa shape index (κ2) is 7.17. The zero-order valence-electron chi connectivity index (χ0n) is 16.3. The number of halogens is 2. The number of carbonyl (C=O) groups excluding carboxylic acids is 1. The molecule has 2 aromatic rings. The maximum absolute atomic E-state index is 13.7. The van der Waals surface area contributed by atoms with Gasteiger partial charge in [0.1, 0.15) is 17.5 Å². The summed E-state index contributed by atoms with van der Waals surface area (Å²) in [4.78, 5) is 12.4. The molecule has 0 atom stereocenters. The summed E-state index contributed by atoms with van der Waals surface area (Å²) in [7, 11) is 0. The molecular formula is C20H27F2N3O. The number of nitrogens with one attached hydrogen (secondary N) is 1. The number of amides is 1. The number of benzene rings is 1. The SMILES string of the molecule is CC(C)(C)c1cc(NC(=O)CCc2cc(F)ccc2F)n(C(C)(C)C)n1. The van der Waals surface area contributed by atoms with Crippen molar-refractivity contribution in [3.05, 3.63) is 47.2 Å².